The third kappa shape index (κ3) is 4.30. The van der Waals surface area contributed by atoms with Gasteiger partial charge in [0.25, 0.3) is 0 Å². The van der Waals surface area contributed by atoms with Crippen LogP contribution >= 0.6 is 15.9 Å². The quantitative estimate of drug-likeness (QED) is 0.555. The maximum absolute atomic E-state index is 12.7. The number of nitrogens with zero attached hydrogens (tertiary/aromatic N) is 1. The Morgan fingerprint density at radius 3 is 2.56 bits per heavy atom. The first-order valence-corrected chi connectivity index (χ1v) is 8.43. The normalized spacial score (nSPS) is 11.4. The van der Waals surface area contributed by atoms with E-state index < -0.39 is 17.8 Å². The van der Waals surface area contributed by atoms with Gasteiger partial charge in [0.2, 0.25) is 0 Å². The van der Waals surface area contributed by atoms with Gasteiger partial charge in [-0.2, -0.15) is 13.2 Å². The van der Waals surface area contributed by atoms with E-state index >= 15 is 0 Å². The Balaban J connectivity index is 2.00. The molecular weight excluding hydrogens is 429 g/mol. The molecule has 140 valence electrons. The lowest BCUT2D eigenvalue weighted by Gasteiger charge is -2.14. The van der Waals surface area contributed by atoms with Gasteiger partial charge in [0.1, 0.15) is 11.3 Å². The Labute approximate surface area is 159 Å². The first-order valence-electron chi connectivity index (χ1n) is 7.63. The summed E-state index contributed by atoms with van der Waals surface area (Å²) >= 11 is 3.43. The smallest absolute Gasteiger partial charge is 0.416 e. The van der Waals surface area contributed by atoms with Gasteiger partial charge in [-0.3, -0.25) is 4.98 Å². The number of fused-ring (bicyclic) bond motifs is 1. The minimum Gasteiger partial charge on any atom is -0.465 e. The second-order valence-electron chi connectivity index (χ2n) is 5.53. The molecule has 0 spiro atoms. The van der Waals surface area contributed by atoms with E-state index in [1.54, 1.807) is 24.4 Å². The fraction of sp³-hybridized carbons (Fsp3) is 0.111. The zero-order valence-corrected chi connectivity index (χ0v) is 15.1. The topological polar surface area (TPSA) is 71.5 Å². The van der Waals surface area contributed by atoms with Crippen LogP contribution in [0.4, 0.5) is 18.0 Å². The molecule has 0 unspecified atom stereocenters. The van der Waals surface area contributed by atoms with Crippen molar-refractivity contribution in [2.75, 3.05) is 0 Å². The molecule has 0 radical (unpaired) electrons. The third-order valence-electron chi connectivity index (χ3n) is 3.70. The number of aromatic nitrogens is 1. The fourth-order valence-corrected chi connectivity index (χ4v) is 3.03. The summed E-state index contributed by atoms with van der Waals surface area (Å²) in [4.78, 5) is 15.0. The zero-order valence-electron chi connectivity index (χ0n) is 13.5. The second kappa shape index (κ2) is 7.43. The minimum absolute atomic E-state index is 0.0180. The summed E-state index contributed by atoms with van der Waals surface area (Å²) < 4.78 is 44.5. The Hall–Kier alpha value is -2.81. The van der Waals surface area contributed by atoms with Gasteiger partial charge >= 0.3 is 12.3 Å². The van der Waals surface area contributed by atoms with Gasteiger partial charge in [-0.05, 0) is 64.0 Å². The first-order chi connectivity index (χ1) is 12.8. The van der Waals surface area contributed by atoms with Crippen LogP contribution < -0.4 is 10.1 Å². The Kier molecular flexibility index (Phi) is 5.22. The highest BCUT2D eigenvalue weighted by atomic mass is 79.9. The maximum atomic E-state index is 12.7. The van der Waals surface area contributed by atoms with Crippen LogP contribution in [0.15, 0.2) is 53.1 Å². The molecular formula is C18H12BrF3N2O3. The number of carboxylic acid groups (broad SMARTS) is 1. The predicted molar refractivity (Wildman–Crippen MR) is 95.8 cm³/mol. The number of alkyl halides is 3. The first kappa shape index (κ1) is 19.0. The summed E-state index contributed by atoms with van der Waals surface area (Å²) in [6.45, 7) is 0.0180. The molecule has 0 fully saturated rings. The summed E-state index contributed by atoms with van der Waals surface area (Å²) in [5.41, 5.74) is 0.308. The van der Waals surface area contributed by atoms with Gasteiger partial charge < -0.3 is 15.2 Å². The summed E-state index contributed by atoms with van der Waals surface area (Å²) in [5.74, 6) is 0.505. The van der Waals surface area contributed by atoms with Crippen molar-refractivity contribution in [1.29, 1.82) is 0 Å². The van der Waals surface area contributed by atoms with E-state index in [-0.39, 0.29) is 12.3 Å². The summed E-state index contributed by atoms with van der Waals surface area (Å²) in [6, 6.07) is 9.36. The summed E-state index contributed by atoms with van der Waals surface area (Å²) in [6.07, 6.45) is -4.05. The van der Waals surface area contributed by atoms with Crippen LogP contribution in [0, 0.1) is 0 Å². The summed E-state index contributed by atoms with van der Waals surface area (Å²) in [7, 11) is 0. The molecule has 1 aromatic heterocycles. The number of rotatable bonds is 4. The second-order valence-corrected chi connectivity index (χ2v) is 6.32. The van der Waals surface area contributed by atoms with Crippen LogP contribution in [0.5, 0.6) is 11.5 Å². The number of pyridine rings is 1. The van der Waals surface area contributed by atoms with Crippen molar-refractivity contribution in [3.63, 3.8) is 0 Å². The molecule has 0 saturated heterocycles. The van der Waals surface area contributed by atoms with Gasteiger partial charge in [0.05, 0.1) is 5.56 Å². The Bertz CT molecular complexity index is 992. The molecule has 0 atom stereocenters. The monoisotopic (exact) mass is 440 g/mol. The number of ether oxygens (including phenoxy) is 1. The SMILES string of the molecule is O=C(O)NCc1cc(Oc2ccc(C(F)(F)F)cc2)c2ncccc2c1Br. The van der Waals surface area contributed by atoms with Gasteiger partial charge in [-0.25, -0.2) is 4.79 Å². The number of carbonyl (C=O) groups is 1. The molecule has 0 bridgehead atoms. The van der Waals surface area contributed by atoms with E-state index in [9.17, 15) is 18.0 Å². The predicted octanol–water partition coefficient (Wildman–Crippen LogP) is 5.58. The molecule has 3 aromatic rings. The molecule has 0 aliphatic rings. The molecule has 3 rings (SSSR count). The Morgan fingerprint density at radius 2 is 1.93 bits per heavy atom. The van der Waals surface area contributed by atoms with Crippen molar-refractivity contribution >= 4 is 32.9 Å². The highest BCUT2D eigenvalue weighted by molar-refractivity contribution is 9.10. The lowest BCUT2D eigenvalue weighted by atomic mass is 10.1. The lowest BCUT2D eigenvalue weighted by Crippen LogP contribution is -2.20. The minimum atomic E-state index is -4.43. The van der Waals surface area contributed by atoms with Crippen LogP contribution in [-0.4, -0.2) is 16.2 Å². The summed E-state index contributed by atoms with van der Waals surface area (Å²) in [5, 5.41) is 11.8. The van der Waals surface area contributed by atoms with Gasteiger partial charge in [-0.1, -0.05) is 0 Å². The van der Waals surface area contributed by atoms with Crippen LogP contribution in [0.3, 0.4) is 0 Å². The number of hydrogen-bond acceptors (Lipinski definition) is 3. The van der Waals surface area contributed by atoms with Crippen molar-refractivity contribution < 1.29 is 27.8 Å². The molecule has 2 N–H and O–H groups in total. The average molecular weight is 441 g/mol. The van der Waals surface area contributed by atoms with E-state index in [2.05, 4.69) is 26.2 Å². The zero-order chi connectivity index (χ0) is 19.6. The van der Waals surface area contributed by atoms with E-state index in [1.807, 2.05) is 0 Å². The number of amides is 1. The number of halogens is 4. The van der Waals surface area contributed by atoms with Crippen molar-refractivity contribution in [1.82, 2.24) is 10.3 Å². The van der Waals surface area contributed by atoms with E-state index in [0.29, 0.717) is 26.7 Å². The molecule has 9 heteroatoms. The fourth-order valence-electron chi connectivity index (χ4n) is 2.46. The molecule has 0 aliphatic heterocycles. The van der Waals surface area contributed by atoms with Gasteiger partial charge in [-0.15, -0.1) is 0 Å². The van der Waals surface area contributed by atoms with Crippen LogP contribution in [0.1, 0.15) is 11.1 Å². The molecule has 5 nitrogen and oxygen atoms in total. The maximum Gasteiger partial charge on any atom is 0.416 e. The highest BCUT2D eigenvalue weighted by Crippen LogP contribution is 2.37. The number of benzene rings is 2. The lowest BCUT2D eigenvalue weighted by molar-refractivity contribution is -0.137. The average Bonchev–Trinajstić information content (AvgIpc) is 2.62. The molecule has 2 aromatic carbocycles. The number of hydrogen-bond donors (Lipinski definition) is 2. The van der Waals surface area contributed by atoms with E-state index in [0.717, 1.165) is 12.1 Å². The highest BCUT2D eigenvalue weighted by Gasteiger charge is 2.30. The van der Waals surface area contributed by atoms with Crippen molar-refractivity contribution in [2.24, 2.45) is 0 Å². The van der Waals surface area contributed by atoms with Crippen molar-refractivity contribution in [3.05, 3.63) is 64.3 Å². The molecule has 0 aliphatic carbocycles. The molecule has 0 saturated carbocycles. The molecule has 1 heterocycles. The standard InChI is InChI=1S/C18H12BrF3N2O3/c19-15-10(9-24-17(25)26)8-14(16-13(15)2-1-7-23-16)27-12-5-3-11(4-6-12)18(20,21)22/h1-8,24H,9H2,(H,25,26). The van der Waals surface area contributed by atoms with E-state index in [4.69, 9.17) is 9.84 Å². The van der Waals surface area contributed by atoms with Gasteiger partial charge in [0, 0.05) is 22.6 Å². The van der Waals surface area contributed by atoms with Crippen molar-refractivity contribution in [2.45, 2.75) is 12.7 Å². The number of nitrogens with one attached hydrogen (secondary N) is 1. The van der Waals surface area contributed by atoms with E-state index in [1.165, 1.54) is 12.1 Å². The largest absolute Gasteiger partial charge is 0.465 e. The third-order valence-corrected chi connectivity index (χ3v) is 4.64. The Morgan fingerprint density at radius 1 is 1.22 bits per heavy atom. The van der Waals surface area contributed by atoms with Crippen LogP contribution in [0.25, 0.3) is 10.9 Å². The molecule has 1 amide bonds. The van der Waals surface area contributed by atoms with Gasteiger partial charge in [0.15, 0.2) is 5.75 Å². The molecule has 27 heavy (non-hydrogen) atoms. The van der Waals surface area contributed by atoms with Crippen molar-refractivity contribution in [3.8, 4) is 11.5 Å². The van der Waals surface area contributed by atoms with Crippen LogP contribution in [-0.2, 0) is 12.7 Å². The van der Waals surface area contributed by atoms with Crippen LogP contribution in [0.2, 0.25) is 0 Å².